The summed E-state index contributed by atoms with van der Waals surface area (Å²) in [6.07, 6.45) is 1.54. The van der Waals surface area contributed by atoms with Gasteiger partial charge in [-0.15, -0.1) is 0 Å². The molecule has 3 aromatic carbocycles. The smallest absolute Gasteiger partial charge is 0.282 e. The molecule has 1 aliphatic rings. The fourth-order valence-electron chi connectivity index (χ4n) is 2.98. The van der Waals surface area contributed by atoms with Crippen molar-refractivity contribution in [1.82, 2.24) is 0 Å². The van der Waals surface area contributed by atoms with Gasteiger partial charge in [0, 0.05) is 21.0 Å². The molecule has 0 unspecified atom stereocenters. The second kappa shape index (κ2) is 8.22. The number of aryl methyl sites for hydroxylation is 1. The fraction of sp³-hybridized carbons (Fsp3) is 0.0435. The average Bonchev–Trinajstić information content (AvgIpc) is 2.73. The molecule has 0 bridgehead atoms. The van der Waals surface area contributed by atoms with Crippen LogP contribution in [0, 0.1) is 6.92 Å². The molecule has 0 atom stereocenters. The van der Waals surface area contributed by atoms with Gasteiger partial charge in [0.25, 0.3) is 10.0 Å². The molecular formula is C23H16ClNO3S2. The molecule has 0 N–H and O–H groups in total. The molecular weight excluding hydrogens is 438 g/mol. The molecule has 0 radical (unpaired) electrons. The molecule has 0 aliphatic heterocycles. The Labute approximate surface area is 184 Å². The Morgan fingerprint density at radius 1 is 0.867 bits per heavy atom. The van der Waals surface area contributed by atoms with Gasteiger partial charge >= 0.3 is 0 Å². The highest BCUT2D eigenvalue weighted by Crippen LogP contribution is 2.34. The number of nitrogens with zero attached hydrogens (tertiary/aromatic N) is 1. The molecule has 0 amide bonds. The zero-order valence-corrected chi connectivity index (χ0v) is 18.3. The van der Waals surface area contributed by atoms with Gasteiger partial charge in [-0.1, -0.05) is 65.3 Å². The monoisotopic (exact) mass is 453 g/mol. The highest BCUT2D eigenvalue weighted by Gasteiger charge is 2.26. The predicted molar refractivity (Wildman–Crippen MR) is 121 cm³/mol. The Balaban J connectivity index is 1.80. The highest BCUT2D eigenvalue weighted by molar-refractivity contribution is 8.04. The van der Waals surface area contributed by atoms with Crippen molar-refractivity contribution in [3.05, 3.63) is 105 Å². The first-order valence-corrected chi connectivity index (χ1v) is 11.7. The Morgan fingerprint density at radius 2 is 1.50 bits per heavy atom. The molecule has 0 aromatic heterocycles. The lowest BCUT2D eigenvalue weighted by Gasteiger charge is -2.17. The van der Waals surface area contributed by atoms with E-state index >= 15 is 0 Å². The van der Waals surface area contributed by atoms with Crippen LogP contribution in [0.1, 0.15) is 21.5 Å². The van der Waals surface area contributed by atoms with E-state index in [-0.39, 0.29) is 16.4 Å². The topological polar surface area (TPSA) is 63.6 Å². The summed E-state index contributed by atoms with van der Waals surface area (Å²) in [7, 11) is -3.97. The molecule has 3 aromatic rings. The number of Topliss-reactive ketones (excluding diaryl/α,β-unsaturated/α-hetero) is 1. The summed E-state index contributed by atoms with van der Waals surface area (Å²) in [4.78, 5) is 14.3. The van der Waals surface area contributed by atoms with Crippen molar-refractivity contribution >= 4 is 44.9 Å². The van der Waals surface area contributed by atoms with Crippen LogP contribution in [0.2, 0.25) is 5.02 Å². The second-order valence-corrected chi connectivity index (χ2v) is 9.86. The summed E-state index contributed by atoms with van der Waals surface area (Å²) >= 11 is 7.15. The van der Waals surface area contributed by atoms with E-state index in [0.29, 0.717) is 21.1 Å². The standard InChI is InChI=1S/C23H16ClNO3S2/c1-15-6-10-17(11-7-15)29-22-14-21(19-4-2-3-5-20(19)23(22)26)25-30(27,28)18-12-8-16(24)9-13-18/h2-14H,1H3/b25-21+. The van der Waals surface area contributed by atoms with Crippen LogP contribution < -0.4 is 0 Å². The van der Waals surface area contributed by atoms with Gasteiger partial charge in [-0.25, -0.2) is 0 Å². The number of hydrogen-bond acceptors (Lipinski definition) is 4. The van der Waals surface area contributed by atoms with Crippen LogP contribution >= 0.6 is 23.4 Å². The van der Waals surface area contributed by atoms with E-state index in [0.717, 1.165) is 10.5 Å². The predicted octanol–water partition coefficient (Wildman–Crippen LogP) is 5.70. The maximum Gasteiger partial charge on any atom is 0.282 e. The maximum absolute atomic E-state index is 13.0. The zero-order valence-electron chi connectivity index (χ0n) is 15.9. The van der Waals surface area contributed by atoms with Crippen molar-refractivity contribution in [3.8, 4) is 0 Å². The van der Waals surface area contributed by atoms with E-state index in [9.17, 15) is 13.2 Å². The van der Waals surface area contributed by atoms with Crippen molar-refractivity contribution < 1.29 is 13.2 Å². The number of rotatable bonds is 4. The first-order chi connectivity index (χ1) is 14.3. The van der Waals surface area contributed by atoms with Crippen LogP contribution in [0.3, 0.4) is 0 Å². The Bertz CT molecular complexity index is 1290. The van der Waals surface area contributed by atoms with Gasteiger partial charge < -0.3 is 0 Å². The van der Waals surface area contributed by atoms with Gasteiger partial charge in [-0.3, -0.25) is 4.79 Å². The first-order valence-electron chi connectivity index (χ1n) is 9.04. The van der Waals surface area contributed by atoms with E-state index in [1.165, 1.54) is 36.0 Å². The number of thioether (sulfide) groups is 1. The number of fused-ring (bicyclic) bond motifs is 1. The number of carbonyl (C=O) groups excluding carboxylic acids is 1. The van der Waals surface area contributed by atoms with Gasteiger partial charge in [0.1, 0.15) is 0 Å². The minimum atomic E-state index is -3.97. The normalized spacial score (nSPS) is 15.1. The van der Waals surface area contributed by atoms with E-state index < -0.39 is 10.0 Å². The summed E-state index contributed by atoms with van der Waals surface area (Å²) in [6, 6.07) is 20.5. The third-order valence-electron chi connectivity index (χ3n) is 4.52. The van der Waals surface area contributed by atoms with E-state index in [1.807, 2.05) is 31.2 Å². The number of ketones is 1. The summed E-state index contributed by atoms with van der Waals surface area (Å²) < 4.78 is 29.8. The van der Waals surface area contributed by atoms with Crippen LogP contribution in [-0.4, -0.2) is 19.9 Å². The summed E-state index contributed by atoms with van der Waals surface area (Å²) in [5, 5.41) is 0.437. The van der Waals surface area contributed by atoms with Crippen molar-refractivity contribution in [1.29, 1.82) is 0 Å². The lowest BCUT2D eigenvalue weighted by Crippen LogP contribution is -2.17. The lowest BCUT2D eigenvalue weighted by molar-refractivity contribution is 0.104. The van der Waals surface area contributed by atoms with Crippen LogP contribution in [0.15, 0.2) is 98.0 Å². The fourth-order valence-corrected chi connectivity index (χ4v) is 5.00. The number of carbonyl (C=O) groups is 1. The summed E-state index contributed by atoms with van der Waals surface area (Å²) in [6.45, 7) is 1.99. The molecule has 7 heteroatoms. The van der Waals surface area contributed by atoms with E-state index in [2.05, 4.69) is 4.40 Å². The number of halogens is 1. The van der Waals surface area contributed by atoms with Crippen molar-refractivity contribution in [2.45, 2.75) is 16.7 Å². The minimum absolute atomic E-state index is 0.0370. The van der Waals surface area contributed by atoms with Gasteiger partial charge in [0.05, 0.1) is 15.5 Å². The molecule has 4 nitrogen and oxygen atoms in total. The molecule has 0 spiro atoms. The number of benzene rings is 3. The quantitative estimate of drug-likeness (QED) is 0.508. The van der Waals surface area contributed by atoms with Crippen molar-refractivity contribution in [3.63, 3.8) is 0 Å². The largest absolute Gasteiger partial charge is 0.288 e. The molecule has 0 fully saturated rings. The van der Waals surface area contributed by atoms with E-state index in [4.69, 9.17) is 11.6 Å². The number of hydrogen-bond donors (Lipinski definition) is 0. The van der Waals surface area contributed by atoms with Crippen LogP contribution in [0.5, 0.6) is 0 Å². The van der Waals surface area contributed by atoms with E-state index in [1.54, 1.807) is 30.3 Å². The van der Waals surface area contributed by atoms with Crippen molar-refractivity contribution in [2.24, 2.45) is 4.40 Å². The lowest BCUT2D eigenvalue weighted by atomic mass is 9.94. The molecule has 0 heterocycles. The zero-order chi connectivity index (χ0) is 21.3. The average molecular weight is 454 g/mol. The van der Waals surface area contributed by atoms with Crippen molar-refractivity contribution in [2.75, 3.05) is 0 Å². The van der Waals surface area contributed by atoms with Crippen LogP contribution in [-0.2, 0) is 10.0 Å². The summed E-state index contributed by atoms with van der Waals surface area (Å²) in [5.41, 5.74) is 2.27. The maximum atomic E-state index is 13.0. The third kappa shape index (κ3) is 4.26. The molecule has 1 aliphatic carbocycles. The van der Waals surface area contributed by atoms with Crippen LogP contribution in [0.4, 0.5) is 0 Å². The Morgan fingerprint density at radius 3 is 2.17 bits per heavy atom. The second-order valence-electron chi connectivity index (χ2n) is 6.70. The molecule has 30 heavy (non-hydrogen) atoms. The third-order valence-corrected chi connectivity index (χ3v) is 7.11. The van der Waals surface area contributed by atoms with Gasteiger partial charge in [0.15, 0.2) is 5.78 Å². The Kier molecular flexibility index (Phi) is 5.64. The highest BCUT2D eigenvalue weighted by atomic mass is 35.5. The Hall–Kier alpha value is -2.67. The minimum Gasteiger partial charge on any atom is -0.288 e. The SMILES string of the molecule is Cc1ccc(SC2=C/C(=N\S(=O)(=O)c3ccc(Cl)cc3)c3ccccc3C2=O)cc1. The van der Waals surface area contributed by atoms with Gasteiger partial charge in [0.2, 0.25) is 0 Å². The van der Waals surface area contributed by atoms with Crippen LogP contribution in [0.25, 0.3) is 0 Å². The number of sulfonamides is 1. The number of allylic oxidation sites excluding steroid dienone is 2. The molecule has 0 saturated carbocycles. The molecule has 4 rings (SSSR count). The molecule has 150 valence electrons. The molecule has 0 saturated heterocycles. The van der Waals surface area contributed by atoms with Gasteiger partial charge in [-0.2, -0.15) is 12.8 Å². The van der Waals surface area contributed by atoms with Gasteiger partial charge in [-0.05, 0) is 49.4 Å². The first kappa shape index (κ1) is 20.6. The summed E-state index contributed by atoms with van der Waals surface area (Å²) in [5.74, 6) is -0.154.